The van der Waals surface area contributed by atoms with Crippen molar-refractivity contribution in [2.45, 2.75) is 89.1 Å². The second-order valence-corrected chi connectivity index (χ2v) is 8.36. The number of aliphatic hydroxyl groups is 3. The van der Waals surface area contributed by atoms with E-state index in [1.807, 2.05) is 32.1 Å². The lowest BCUT2D eigenvalue weighted by Crippen LogP contribution is -2.55. The zero-order valence-corrected chi connectivity index (χ0v) is 15.6. The molecule has 0 aromatic heterocycles. The molecule has 0 saturated carbocycles. The largest absolute Gasteiger partial charge is 0.392 e. The van der Waals surface area contributed by atoms with Gasteiger partial charge in [-0.3, -0.25) is 0 Å². The minimum absolute atomic E-state index is 0.0160. The summed E-state index contributed by atoms with van der Waals surface area (Å²) in [4.78, 5) is 0. The van der Waals surface area contributed by atoms with E-state index in [0.717, 1.165) is 18.4 Å². The van der Waals surface area contributed by atoms with Crippen molar-refractivity contribution >= 4 is 0 Å². The van der Waals surface area contributed by atoms with Crippen molar-refractivity contribution in [2.24, 2.45) is 5.92 Å². The molecule has 24 heavy (non-hydrogen) atoms. The lowest BCUT2D eigenvalue weighted by atomic mass is 9.75. The zero-order chi connectivity index (χ0) is 18.0. The SMILES string of the molecule is CC(C)[C@]12/C=C/[C@](C)(O)CC/C=C(\CO)CC[C@H](O1)[C@@](C)(O)CC2. The number of fused-ring (bicyclic) bond motifs is 2. The normalized spacial score (nSPS) is 45.0. The van der Waals surface area contributed by atoms with Crippen LogP contribution in [0.1, 0.15) is 66.2 Å². The van der Waals surface area contributed by atoms with Gasteiger partial charge in [0.1, 0.15) is 0 Å². The molecule has 1 fully saturated rings. The van der Waals surface area contributed by atoms with Crippen molar-refractivity contribution in [1.29, 1.82) is 0 Å². The first-order valence-electron chi connectivity index (χ1n) is 9.22. The Morgan fingerprint density at radius 3 is 2.50 bits per heavy atom. The number of ether oxygens (including phenoxy) is 1. The molecule has 3 N–H and O–H groups in total. The maximum atomic E-state index is 10.8. The summed E-state index contributed by atoms with van der Waals surface area (Å²) in [6, 6.07) is 0. The fourth-order valence-corrected chi connectivity index (χ4v) is 3.70. The Hall–Kier alpha value is -0.680. The second kappa shape index (κ2) is 7.28. The van der Waals surface area contributed by atoms with Crippen LogP contribution in [0.5, 0.6) is 0 Å². The van der Waals surface area contributed by atoms with E-state index < -0.39 is 16.8 Å². The van der Waals surface area contributed by atoms with Crippen LogP contribution in [-0.4, -0.2) is 44.8 Å². The predicted octanol–water partition coefficient (Wildman–Crippen LogP) is 3.11. The molecule has 1 saturated heterocycles. The highest BCUT2D eigenvalue weighted by Gasteiger charge is 2.47. The zero-order valence-electron chi connectivity index (χ0n) is 15.6. The average molecular weight is 338 g/mol. The van der Waals surface area contributed by atoms with E-state index in [1.54, 1.807) is 0 Å². The van der Waals surface area contributed by atoms with Crippen molar-refractivity contribution in [3.05, 3.63) is 23.8 Å². The van der Waals surface area contributed by atoms with Gasteiger partial charge in [0.25, 0.3) is 0 Å². The molecule has 0 aromatic carbocycles. The van der Waals surface area contributed by atoms with Gasteiger partial charge in [-0.05, 0) is 63.9 Å². The number of hydrogen-bond donors (Lipinski definition) is 3. The van der Waals surface area contributed by atoms with Crippen molar-refractivity contribution in [3.63, 3.8) is 0 Å². The van der Waals surface area contributed by atoms with Crippen LogP contribution in [0.15, 0.2) is 23.8 Å². The summed E-state index contributed by atoms with van der Waals surface area (Å²) in [5, 5.41) is 31.0. The fourth-order valence-electron chi connectivity index (χ4n) is 3.70. The van der Waals surface area contributed by atoms with Crippen molar-refractivity contribution in [3.8, 4) is 0 Å². The fraction of sp³-hybridized carbons (Fsp3) is 0.800. The summed E-state index contributed by atoms with van der Waals surface area (Å²) < 4.78 is 6.45. The lowest BCUT2D eigenvalue weighted by molar-refractivity contribution is -0.210. The monoisotopic (exact) mass is 338 g/mol. The molecule has 2 aliphatic rings. The van der Waals surface area contributed by atoms with Gasteiger partial charge in [0.15, 0.2) is 0 Å². The van der Waals surface area contributed by atoms with Gasteiger partial charge in [-0.2, -0.15) is 0 Å². The van der Waals surface area contributed by atoms with Gasteiger partial charge in [0.2, 0.25) is 0 Å². The molecule has 2 rings (SSSR count). The minimum atomic E-state index is -0.906. The van der Waals surface area contributed by atoms with Crippen LogP contribution in [0.4, 0.5) is 0 Å². The van der Waals surface area contributed by atoms with Crippen LogP contribution in [0.25, 0.3) is 0 Å². The Balaban J connectivity index is 2.38. The van der Waals surface area contributed by atoms with E-state index in [-0.39, 0.29) is 18.6 Å². The summed E-state index contributed by atoms with van der Waals surface area (Å²) in [5.41, 5.74) is -1.27. The molecule has 138 valence electrons. The maximum absolute atomic E-state index is 10.8. The molecule has 0 spiro atoms. The minimum Gasteiger partial charge on any atom is -0.392 e. The number of aliphatic hydroxyl groups excluding tert-OH is 1. The highest BCUT2D eigenvalue weighted by atomic mass is 16.5. The second-order valence-electron chi connectivity index (χ2n) is 8.36. The third-order valence-corrected chi connectivity index (χ3v) is 5.79. The van der Waals surface area contributed by atoms with Crippen LogP contribution in [0.2, 0.25) is 0 Å². The predicted molar refractivity (Wildman–Crippen MR) is 95.7 cm³/mol. The van der Waals surface area contributed by atoms with E-state index in [0.29, 0.717) is 25.7 Å². The Labute approximate surface area is 146 Å². The molecular formula is C20H34O4. The topological polar surface area (TPSA) is 69.9 Å². The number of allylic oxidation sites excluding steroid dienone is 1. The van der Waals surface area contributed by atoms with Crippen molar-refractivity contribution in [1.82, 2.24) is 0 Å². The highest BCUT2D eigenvalue weighted by Crippen LogP contribution is 2.43. The Morgan fingerprint density at radius 2 is 1.88 bits per heavy atom. The number of hydrogen-bond acceptors (Lipinski definition) is 4. The van der Waals surface area contributed by atoms with Crippen LogP contribution < -0.4 is 0 Å². The van der Waals surface area contributed by atoms with Crippen LogP contribution >= 0.6 is 0 Å². The summed E-state index contributed by atoms with van der Waals surface area (Å²) in [5.74, 6) is 0.249. The molecule has 2 aliphatic heterocycles. The van der Waals surface area contributed by atoms with E-state index in [9.17, 15) is 15.3 Å². The summed E-state index contributed by atoms with van der Waals surface area (Å²) in [6.45, 7) is 7.92. The first-order valence-corrected chi connectivity index (χ1v) is 9.22. The molecule has 2 bridgehead atoms. The third-order valence-electron chi connectivity index (χ3n) is 5.79. The van der Waals surface area contributed by atoms with Crippen LogP contribution in [0, 0.1) is 5.92 Å². The van der Waals surface area contributed by atoms with Gasteiger partial charge in [0.05, 0.1) is 29.5 Å². The first kappa shape index (κ1) is 19.6. The van der Waals surface area contributed by atoms with Crippen molar-refractivity contribution < 1.29 is 20.1 Å². The van der Waals surface area contributed by atoms with Gasteiger partial charge in [-0.1, -0.05) is 32.1 Å². The van der Waals surface area contributed by atoms with E-state index in [2.05, 4.69) is 13.8 Å². The number of rotatable bonds is 2. The van der Waals surface area contributed by atoms with Crippen LogP contribution in [-0.2, 0) is 4.74 Å². The lowest BCUT2D eigenvalue weighted by Gasteiger charge is -2.49. The standard InChI is InChI=1S/C20H34O4/c1-15(2)20-12-10-18(3,22)9-5-6-16(14-21)7-8-17(24-20)19(4,23)11-13-20/h6,10,12,15,17,21-23H,5,7-9,11,13-14H2,1-4H3/b12-10+,16-6-/t17-,18+,19-,20+/m0/s1. The molecule has 0 radical (unpaired) electrons. The highest BCUT2D eigenvalue weighted by molar-refractivity contribution is 5.15. The molecule has 4 atom stereocenters. The van der Waals surface area contributed by atoms with Crippen LogP contribution in [0.3, 0.4) is 0 Å². The van der Waals surface area contributed by atoms with E-state index in [4.69, 9.17) is 4.74 Å². The molecule has 2 heterocycles. The molecule has 4 heteroatoms. The van der Waals surface area contributed by atoms with Gasteiger partial charge in [0, 0.05) is 0 Å². The van der Waals surface area contributed by atoms with Gasteiger partial charge < -0.3 is 20.1 Å². The first-order chi connectivity index (χ1) is 11.1. The third kappa shape index (κ3) is 4.48. The Bertz CT molecular complexity index is 490. The summed E-state index contributed by atoms with van der Waals surface area (Å²) in [6.07, 6.45) is 9.76. The molecule has 0 aromatic rings. The van der Waals surface area contributed by atoms with Gasteiger partial charge in [-0.25, -0.2) is 0 Å². The van der Waals surface area contributed by atoms with Gasteiger partial charge in [-0.15, -0.1) is 0 Å². The smallest absolute Gasteiger partial charge is 0.0892 e. The van der Waals surface area contributed by atoms with E-state index in [1.165, 1.54) is 0 Å². The molecular weight excluding hydrogens is 304 g/mol. The molecule has 4 nitrogen and oxygen atoms in total. The Morgan fingerprint density at radius 1 is 1.17 bits per heavy atom. The van der Waals surface area contributed by atoms with Gasteiger partial charge >= 0.3 is 0 Å². The Kier molecular flexibility index (Phi) is 5.96. The summed E-state index contributed by atoms with van der Waals surface area (Å²) in [7, 11) is 0. The van der Waals surface area contributed by atoms with E-state index >= 15 is 0 Å². The average Bonchev–Trinajstić information content (AvgIpc) is 2.49. The maximum Gasteiger partial charge on any atom is 0.0892 e. The quantitative estimate of drug-likeness (QED) is 0.677. The van der Waals surface area contributed by atoms with Crippen molar-refractivity contribution in [2.75, 3.05) is 6.61 Å². The molecule has 0 unspecified atom stereocenters. The molecule has 0 amide bonds. The molecule has 0 aliphatic carbocycles. The summed E-state index contributed by atoms with van der Waals surface area (Å²) >= 11 is 0.